The van der Waals surface area contributed by atoms with Crippen LogP contribution in [0.3, 0.4) is 0 Å². The number of aryl methyl sites for hydroxylation is 1. The Morgan fingerprint density at radius 3 is 3.21 bits per heavy atom. The van der Waals surface area contributed by atoms with E-state index < -0.39 is 0 Å². The van der Waals surface area contributed by atoms with Crippen LogP contribution in [0.25, 0.3) is 0 Å². The summed E-state index contributed by atoms with van der Waals surface area (Å²) < 4.78 is 2.03. The van der Waals surface area contributed by atoms with Gasteiger partial charge in [-0.05, 0) is 25.8 Å². The number of hydrogen-bond donors (Lipinski definition) is 1. The Labute approximate surface area is 84.7 Å². The third-order valence-corrected chi connectivity index (χ3v) is 2.75. The minimum atomic E-state index is 0.477. The lowest BCUT2D eigenvalue weighted by molar-refractivity contribution is 0.384. The fourth-order valence-corrected chi connectivity index (χ4v) is 2.03. The number of aromatic nitrogens is 3. The van der Waals surface area contributed by atoms with Crippen LogP contribution >= 0.6 is 0 Å². The second kappa shape index (κ2) is 4.55. The molecule has 0 saturated carbocycles. The van der Waals surface area contributed by atoms with Gasteiger partial charge in [-0.3, -0.25) is 0 Å². The molecule has 1 saturated heterocycles. The summed E-state index contributed by atoms with van der Waals surface area (Å²) in [5, 5.41) is 11.6. The first kappa shape index (κ1) is 9.65. The van der Waals surface area contributed by atoms with Gasteiger partial charge in [-0.25, -0.2) is 4.68 Å². The summed E-state index contributed by atoms with van der Waals surface area (Å²) in [7, 11) is 0. The van der Waals surface area contributed by atoms with Gasteiger partial charge >= 0.3 is 0 Å². The third kappa shape index (κ3) is 1.95. The standard InChI is InChI=1S/C10H18N4/c1-2-7-14-10(8-12-13-14)9-5-3-4-6-11-9/h8-9,11H,2-7H2,1H3. The van der Waals surface area contributed by atoms with Crippen LogP contribution in [0.4, 0.5) is 0 Å². The number of piperidine rings is 1. The van der Waals surface area contributed by atoms with Crippen LogP contribution in [-0.2, 0) is 6.54 Å². The molecule has 0 aliphatic carbocycles. The van der Waals surface area contributed by atoms with Crippen LogP contribution in [0, 0.1) is 0 Å². The molecular formula is C10H18N4. The number of nitrogens with one attached hydrogen (secondary N) is 1. The molecule has 1 fully saturated rings. The van der Waals surface area contributed by atoms with Crippen molar-refractivity contribution in [1.82, 2.24) is 20.3 Å². The van der Waals surface area contributed by atoms with E-state index in [1.165, 1.54) is 25.0 Å². The molecule has 2 heterocycles. The second-order valence-electron chi connectivity index (χ2n) is 3.88. The van der Waals surface area contributed by atoms with Crippen molar-refractivity contribution >= 4 is 0 Å². The first-order chi connectivity index (χ1) is 6.92. The lowest BCUT2D eigenvalue weighted by atomic mass is 10.0. The van der Waals surface area contributed by atoms with Gasteiger partial charge in [0.15, 0.2) is 0 Å². The van der Waals surface area contributed by atoms with Crippen molar-refractivity contribution in [3.63, 3.8) is 0 Å². The summed E-state index contributed by atoms with van der Waals surface area (Å²) in [5.74, 6) is 0. The van der Waals surface area contributed by atoms with Crippen molar-refractivity contribution in [3.05, 3.63) is 11.9 Å². The summed E-state index contributed by atoms with van der Waals surface area (Å²) in [6, 6.07) is 0.477. The third-order valence-electron chi connectivity index (χ3n) is 2.75. The van der Waals surface area contributed by atoms with E-state index in [1.54, 1.807) is 0 Å². The highest BCUT2D eigenvalue weighted by Crippen LogP contribution is 2.21. The van der Waals surface area contributed by atoms with Crippen LogP contribution in [0.2, 0.25) is 0 Å². The lowest BCUT2D eigenvalue weighted by Crippen LogP contribution is -2.28. The van der Waals surface area contributed by atoms with Gasteiger partial charge in [0.2, 0.25) is 0 Å². The van der Waals surface area contributed by atoms with Gasteiger partial charge in [0.25, 0.3) is 0 Å². The highest BCUT2D eigenvalue weighted by Gasteiger charge is 2.18. The lowest BCUT2D eigenvalue weighted by Gasteiger charge is -2.23. The van der Waals surface area contributed by atoms with Gasteiger partial charge < -0.3 is 5.32 Å². The quantitative estimate of drug-likeness (QED) is 0.793. The second-order valence-corrected chi connectivity index (χ2v) is 3.88. The summed E-state index contributed by atoms with van der Waals surface area (Å²) >= 11 is 0. The molecule has 0 amide bonds. The van der Waals surface area contributed by atoms with E-state index in [0.717, 1.165) is 19.5 Å². The van der Waals surface area contributed by atoms with E-state index in [1.807, 2.05) is 10.9 Å². The fraction of sp³-hybridized carbons (Fsp3) is 0.800. The Balaban J connectivity index is 2.09. The zero-order chi connectivity index (χ0) is 9.80. The fourth-order valence-electron chi connectivity index (χ4n) is 2.03. The summed E-state index contributed by atoms with van der Waals surface area (Å²) in [6.07, 6.45) is 6.85. The molecule has 78 valence electrons. The zero-order valence-electron chi connectivity index (χ0n) is 8.74. The van der Waals surface area contributed by atoms with Crippen LogP contribution in [0.5, 0.6) is 0 Å². The van der Waals surface area contributed by atoms with Gasteiger partial charge in [-0.1, -0.05) is 18.6 Å². The molecule has 4 heteroatoms. The molecule has 0 bridgehead atoms. The first-order valence-corrected chi connectivity index (χ1v) is 5.53. The van der Waals surface area contributed by atoms with E-state index in [0.29, 0.717) is 6.04 Å². The molecule has 14 heavy (non-hydrogen) atoms. The van der Waals surface area contributed by atoms with Gasteiger partial charge in [-0.15, -0.1) is 5.10 Å². The van der Waals surface area contributed by atoms with Crippen molar-refractivity contribution in [2.75, 3.05) is 6.54 Å². The van der Waals surface area contributed by atoms with Gasteiger partial charge in [0.1, 0.15) is 0 Å². The Kier molecular flexibility index (Phi) is 3.14. The molecule has 1 aromatic heterocycles. The Morgan fingerprint density at radius 1 is 1.57 bits per heavy atom. The van der Waals surface area contributed by atoms with E-state index >= 15 is 0 Å². The predicted molar refractivity (Wildman–Crippen MR) is 54.9 cm³/mol. The normalized spacial score (nSPS) is 22.5. The summed E-state index contributed by atoms with van der Waals surface area (Å²) in [5.41, 5.74) is 1.26. The largest absolute Gasteiger partial charge is 0.309 e. The molecule has 0 aromatic carbocycles. The zero-order valence-corrected chi connectivity index (χ0v) is 8.74. The minimum Gasteiger partial charge on any atom is -0.309 e. The van der Waals surface area contributed by atoms with E-state index in [-0.39, 0.29) is 0 Å². The molecular weight excluding hydrogens is 176 g/mol. The van der Waals surface area contributed by atoms with Gasteiger partial charge in [0.05, 0.1) is 17.9 Å². The first-order valence-electron chi connectivity index (χ1n) is 5.53. The maximum Gasteiger partial charge on any atom is 0.0756 e. The van der Waals surface area contributed by atoms with Crippen molar-refractivity contribution < 1.29 is 0 Å². The Morgan fingerprint density at radius 2 is 2.50 bits per heavy atom. The smallest absolute Gasteiger partial charge is 0.0756 e. The van der Waals surface area contributed by atoms with E-state index in [4.69, 9.17) is 0 Å². The molecule has 1 aromatic rings. The molecule has 1 unspecified atom stereocenters. The topological polar surface area (TPSA) is 42.7 Å². The number of nitrogens with zero attached hydrogens (tertiary/aromatic N) is 3. The highest BCUT2D eigenvalue weighted by molar-refractivity contribution is 5.03. The average Bonchev–Trinajstić information content (AvgIpc) is 2.68. The van der Waals surface area contributed by atoms with E-state index in [2.05, 4.69) is 22.6 Å². The molecule has 0 spiro atoms. The maximum absolute atomic E-state index is 4.11. The van der Waals surface area contributed by atoms with Crippen LogP contribution in [0.15, 0.2) is 6.20 Å². The minimum absolute atomic E-state index is 0.477. The van der Waals surface area contributed by atoms with Gasteiger partial charge in [0, 0.05) is 6.54 Å². The molecule has 2 rings (SSSR count). The maximum atomic E-state index is 4.11. The number of rotatable bonds is 3. The highest BCUT2D eigenvalue weighted by atomic mass is 15.4. The SMILES string of the molecule is CCCn1nncc1C1CCCCN1. The summed E-state index contributed by atoms with van der Waals surface area (Å²) in [6.45, 7) is 4.27. The summed E-state index contributed by atoms with van der Waals surface area (Å²) in [4.78, 5) is 0. The van der Waals surface area contributed by atoms with Gasteiger partial charge in [-0.2, -0.15) is 0 Å². The monoisotopic (exact) mass is 194 g/mol. The Hall–Kier alpha value is -0.900. The molecule has 4 nitrogen and oxygen atoms in total. The van der Waals surface area contributed by atoms with E-state index in [9.17, 15) is 0 Å². The molecule has 1 aliphatic rings. The molecule has 1 N–H and O–H groups in total. The average molecular weight is 194 g/mol. The van der Waals surface area contributed by atoms with Crippen LogP contribution in [-0.4, -0.2) is 21.5 Å². The molecule has 1 aliphatic heterocycles. The number of hydrogen-bond acceptors (Lipinski definition) is 3. The molecule has 1 atom stereocenters. The van der Waals surface area contributed by atoms with Crippen molar-refractivity contribution in [2.24, 2.45) is 0 Å². The van der Waals surface area contributed by atoms with Crippen LogP contribution < -0.4 is 5.32 Å². The van der Waals surface area contributed by atoms with Crippen molar-refractivity contribution in [2.45, 2.75) is 45.2 Å². The van der Waals surface area contributed by atoms with Crippen molar-refractivity contribution in [1.29, 1.82) is 0 Å². The predicted octanol–water partition coefficient (Wildman–Crippen LogP) is 1.50. The van der Waals surface area contributed by atoms with Crippen LogP contribution in [0.1, 0.15) is 44.3 Å². The van der Waals surface area contributed by atoms with Crippen molar-refractivity contribution in [3.8, 4) is 0 Å². The molecule has 0 radical (unpaired) electrons. The Bertz CT molecular complexity index is 275.